The molecule has 2 unspecified atom stereocenters. The molecule has 0 amide bonds. The fourth-order valence-corrected chi connectivity index (χ4v) is 0.972. The Morgan fingerprint density at radius 2 is 1.04 bits per heavy atom. The summed E-state index contributed by atoms with van der Waals surface area (Å²) in [5, 5.41) is 69.5. The van der Waals surface area contributed by atoms with E-state index in [4.69, 9.17) is 30.6 Å². The molecule has 0 fully saturated rings. The van der Waals surface area contributed by atoms with Crippen molar-refractivity contribution in [3.63, 3.8) is 0 Å². The van der Waals surface area contributed by atoms with Gasteiger partial charge in [-0.25, -0.2) is 4.79 Å². The second-order valence-electron chi connectivity index (χ2n) is 4.01. The fourth-order valence-electron chi connectivity index (χ4n) is 0.972. The predicted octanol–water partition coefficient (Wildman–Crippen LogP) is -6.04. The first-order chi connectivity index (χ1) is 10.2. The molecular weight excluding hydrogens is 392 g/mol. The van der Waals surface area contributed by atoms with Crippen molar-refractivity contribution in [2.24, 2.45) is 0 Å². The van der Waals surface area contributed by atoms with Crippen LogP contribution in [0.3, 0.4) is 0 Å². The van der Waals surface area contributed by atoms with Crippen LogP contribution in [0, 0.1) is 0 Å². The van der Waals surface area contributed by atoms with Gasteiger partial charge in [-0.05, 0) is 0 Å². The van der Waals surface area contributed by atoms with Crippen LogP contribution in [0.4, 0.5) is 0 Å². The predicted molar refractivity (Wildman–Crippen MR) is 59.1 cm³/mol. The van der Waals surface area contributed by atoms with Gasteiger partial charge in [0.2, 0.25) is 0 Å². The molecule has 2 atom stereocenters. The third kappa shape index (κ3) is 10.5. The maximum absolute atomic E-state index is 10.3. The first kappa shape index (κ1) is 26.6. The number of carboxylic acid groups (broad SMARTS) is 5. The van der Waals surface area contributed by atoms with Crippen molar-refractivity contribution >= 4 is 29.8 Å². The number of hydrogen-bond donors (Lipinski definition) is 6. The fraction of sp³-hybridized carbons (Fsp3) is 0.500. The number of aliphatic hydroxyl groups is 3. The van der Waals surface area contributed by atoms with Crippen LogP contribution >= 0.6 is 0 Å². The first-order valence-corrected chi connectivity index (χ1v) is 5.41. The molecule has 0 aliphatic rings. The molecule has 1 radical (unpaired) electrons. The summed E-state index contributed by atoms with van der Waals surface area (Å²) in [6.45, 7) is 0. The molecule has 0 heterocycles. The summed E-state index contributed by atoms with van der Waals surface area (Å²) in [6.07, 6.45) is -7.17. The van der Waals surface area contributed by atoms with Crippen molar-refractivity contribution in [3.8, 4) is 0 Å². The van der Waals surface area contributed by atoms with Gasteiger partial charge in [-0.1, -0.05) is 0 Å². The topological polar surface area (TPSA) is 253 Å². The Labute approximate surface area is 143 Å². The second-order valence-corrected chi connectivity index (χ2v) is 4.01. The van der Waals surface area contributed by atoms with E-state index in [0.717, 1.165) is 0 Å². The Morgan fingerprint density at radius 1 is 0.792 bits per heavy atom. The van der Waals surface area contributed by atoms with Gasteiger partial charge < -0.3 is 50.4 Å². The van der Waals surface area contributed by atoms with E-state index < -0.39 is 60.5 Å². The minimum atomic E-state index is -2.74. The number of rotatable bonds is 8. The Balaban J connectivity index is -0.000000364. The van der Waals surface area contributed by atoms with Gasteiger partial charge in [-0.15, -0.1) is 0 Å². The van der Waals surface area contributed by atoms with Crippen LogP contribution in [0.25, 0.3) is 0 Å². The van der Waals surface area contributed by atoms with Crippen molar-refractivity contribution in [2.75, 3.05) is 0 Å². The monoisotopic (exact) mass is 403 g/mol. The summed E-state index contributed by atoms with van der Waals surface area (Å²) in [5.74, 6) is -9.14. The van der Waals surface area contributed by atoms with Gasteiger partial charge >= 0.3 is 35.0 Å². The van der Waals surface area contributed by atoms with Gasteiger partial charge in [0.15, 0.2) is 5.60 Å². The Hall–Kier alpha value is -2.25. The molecule has 0 aliphatic carbocycles. The third-order valence-electron chi connectivity index (χ3n) is 2.07. The molecule has 6 N–H and O–H groups in total. The average molecular weight is 404 g/mol. The second kappa shape index (κ2) is 11.3. The molecule has 0 aromatic carbocycles. The SMILES string of the molecule is O=C(O)CC(O)(CC(=O)O)C(=O)O.O=C([O-])C(O)C(O)C(=O)[O-].[Cu+2]. The number of hydrogen-bond acceptors (Lipinski definition) is 10. The van der Waals surface area contributed by atoms with Crippen LogP contribution in [0.5, 0.6) is 0 Å². The van der Waals surface area contributed by atoms with Crippen LogP contribution in [0.1, 0.15) is 12.8 Å². The van der Waals surface area contributed by atoms with Crippen molar-refractivity contribution in [1.29, 1.82) is 0 Å². The van der Waals surface area contributed by atoms with E-state index in [1.807, 2.05) is 0 Å². The molecule has 0 aromatic rings. The normalized spacial score (nSPS) is 12.5. The van der Waals surface area contributed by atoms with Gasteiger partial charge in [0.05, 0.1) is 24.8 Å². The minimum absolute atomic E-state index is 0. The van der Waals surface area contributed by atoms with E-state index in [0.29, 0.717) is 0 Å². The van der Waals surface area contributed by atoms with Gasteiger partial charge in [0.25, 0.3) is 0 Å². The number of carbonyl (C=O) groups excluding carboxylic acids is 2. The number of carbonyl (C=O) groups is 5. The molecule has 0 spiro atoms. The minimum Gasteiger partial charge on any atom is -0.547 e. The largest absolute Gasteiger partial charge is 2.00 e. The molecule has 13 nitrogen and oxygen atoms in total. The van der Waals surface area contributed by atoms with Crippen LogP contribution in [-0.4, -0.2) is 78.3 Å². The smallest absolute Gasteiger partial charge is 0.547 e. The third-order valence-corrected chi connectivity index (χ3v) is 2.07. The number of aliphatic carboxylic acids is 5. The van der Waals surface area contributed by atoms with Crippen LogP contribution in [0.15, 0.2) is 0 Å². The van der Waals surface area contributed by atoms with E-state index in [9.17, 15) is 34.2 Å². The van der Waals surface area contributed by atoms with E-state index >= 15 is 0 Å². The molecule has 0 bridgehead atoms. The van der Waals surface area contributed by atoms with E-state index in [1.54, 1.807) is 0 Å². The zero-order valence-electron chi connectivity index (χ0n) is 11.4. The summed E-state index contributed by atoms with van der Waals surface area (Å²) >= 11 is 0. The average Bonchev–Trinajstić information content (AvgIpc) is 2.35. The van der Waals surface area contributed by atoms with Crippen molar-refractivity contribution in [2.45, 2.75) is 30.7 Å². The molecular formula is C10H12CuO13. The summed E-state index contributed by atoms with van der Waals surface area (Å²) < 4.78 is 0. The van der Waals surface area contributed by atoms with Crippen LogP contribution in [-0.2, 0) is 41.0 Å². The van der Waals surface area contributed by atoms with E-state index in [-0.39, 0.29) is 17.1 Å². The molecule has 0 saturated heterocycles. The Kier molecular flexibility index (Phi) is 12.6. The zero-order chi connectivity index (χ0) is 19.0. The van der Waals surface area contributed by atoms with Crippen molar-refractivity contribution in [1.82, 2.24) is 0 Å². The molecule has 0 rings (SSSR count). The standard InChI is InChI=1S/C6H8O7.C4H6O6.Cu/c7-3(8)1-6(13,5(11)12)2-4(9)10;5-1(3(7)8)2(6)4(9)10;/h13H,1-2H2,(H,7,8)(H,9,10)(H,11,12);1-2,5-6H,(H,7,8)(H,9,10);/q;;+2/p-2. The molecule has 0 saturated carbocycles. The van der Waals surface area contributed by atoms with Gasteiger partial charge in [-0.3, -0.25) is 9.59 Å². The molecule has 141 valence electrons. The van der Waals surface area contributed by atoms with Crippen molar-refractivity contribution < 1.29 is 81.9 Å². The van der Waals surface area contributed by atoms with E-state index in [2.05, 4.69) is 0 Å². The summed E-state index contributed by atoms with van der Waals surface area (Å²) in [6, 6.07) is 0. The van der Waals surface area contributed by atoms with Crippen LogP contribution < -0.4 is 10.2 Å². The number of aliphatic hydroxyl groups excluding tert-OH is 2. The van der Waals surface area contributed by atoms with Gasteiger partial charge in [0, 0.05) is 0 Å². The van der Waals surface area contributed by atoms with Crippen LogP contribution in [0.2, 0.25) is 0 Å². The molecule has 0 aliphatic heterocycles. The quantitative estimate of drug-likeness (QED) is 0.206. The van der Waals surface area contributed by atoms with Gasteiger partial charge in [-0.2, -0.15) is 0 Å². The Bertz CT molecular complexity index is 453. The maximum Gasteiger partial charge on any atom is 2.00 e. The molecule has 24 heavy (non-hydrogen) atoms. The molecule has 0 aromatic heterocycles. The van der Waals surface area contributed by atoms with E-state index in [1.165, 1.54) is 0 Å². The summed E-state index contributed by atoms with van der Waals surface area (Å²) in [7, 11) is 0. The van der Waals surface area contributed by atoms with Crippen molar-refractivity contribution in [3.05, 3.63) is 0 Å². The number of carboxylic acids is 5. The maximum atomic E-state index is 10.3. The summed E-state index contributed by atoms with van der Waals surface area (Å²) in [5.41, 5.74) is -2.74. The Morgan fingerprint density at radius 3 is 1.17 bits per heavy atom. The van der Waals surface area contributed by atoms with Gasteiger partial charge in [0.1, 0.15) is 12.2 Å². The first-order valence-electron chi connectivity index (χ1n) is 5.41. The summed E-state index contributed by atoms with van der Waals surface area (Å²) in [4.78, 5) is 49.8. The zero-order valence-corrected chi connectivity index (χ0v) is 12.4. The molecule has 14 heteroatoms.